The lowest BCUT2D eigenvalue weighted by molar-refractivity contribution is -0.173. The fourth-order valence-corrected chi connectivity index (χ4v) is 6.36. The fourth-order valence-electron chi connectivity index (χ4n) is 4.10. The fraction of sp³-hybridized carbons (Fsp3) is 0.435. The Hall–Kier alpha value is -2.49. The lowest BCUT2D eigenvalue weighted by Gasteiger charge is -2.49. The van der Waals surface area contributed by atoms with E-state index in [2.05, 4.69) is 0 Å². The molecule has 0 aromatic heterocycles. The van der Waals surface area contributed by atoms with Gasteiger partial charge in [-0.3, -0.25) is 10.0 Å². The van der Waals surface area contributed by atoms with Gasteiger partial charge in [0.25, 0.3) is 5.91 Å². The second-order valence-corrected chi connectivity index (χ2v) is 10.8. The van der Waals surface area contributed by atoms with Crippen molar-refractivity contribution in [3.05, 3.63) is 59.4 Å². The first-order valence-electron chi connectivity index (χ1n) is 10.2. The maximum atomic E-state index is 13.5. The smallest absolute Gasteiger partial charge is 0.253 e. The average Bonchev–Trinajstić information content (AvgIpc) is 2.75. The van der Waals surface area contributed by atoms with Gasteiger partial charge in [-0.1, -0.05) is 6.07 Å². The predicted octanol–water partition coefficient (Wildman–Crippen LogP) is 3.57. The van der Waals surface area contributed by atoms with Crippen molar-refractivity contribution in [1.82, 2.24) is 5.48 Å². The number of amides is 1. The maximum absolute atomic E-state index is 13.5. The summed E-state index contributed by atoms with van der Waals surface area (Å²) in [5, 5.41) is 8.17. The van der Waals surface area contributed by atoms with E-state index in [1.54, 1.807) is 25.4 Å². The number of halogens is 1. The normalized spacial score (nSPS) is 22.9. The summed E-state index contributed by atoms with van der Waals surface area (Å²) in [6.07, 6.45) is 0.104. The number of hydroxylamine groups is 1. The summed E-state index contributed by atoms with van der Waals surface area (Å²) >= 11 is 0. The predicted molar refractivity (Wildman–Crippen MR) is 116 cm³/mol. The third-order valence-corrected chi connectivity index (χ3v) is 8.93. The van der Waals surface area contributed by atoms with Gasteiger partial charge in [-0.15, -0.1) is 0 Å². The van der Waals surface area contributed by atoms with Crippen LogP contribution in [0.15, 0.2) is 47.4 Å². The quantitative estimate of drug-likeness (QED) is 0.500. The zero-order chi connectivity index (χ0) is 23.7. The zero-order valence-electron chi connectivity index (χ0n) is 18.5. The van der Waals surface area contributed by atoms with Gasteiger partial charge < -0.3 is 9.47 Å². The van der Waals surface area contributed by atoms with Gasteiger partial charge in [0.2, 0.25) is 0 Å². The minimum Gasteiger partial charge on any atom is -0.489 e. The van der Waals surface area contributed by atoms with Crippen molar-refractivity contribution in [3.8, 4) is 5.75 Å². The van der Waals surface area contributed by atoms with Crippen molar-refractivity contribution < 1.29 is 32.3 Å². The van der Waals surface area contributed by atoms with Crippen LogP contribution in [-0.2, 0) is 26.0 Å². The van der Waals surface area contributed by atoms with Crippen molar-refractivity contribution in [2.75, 3.05) is 6.61 Å². The molecule has 7 nitrogen and oxygen atoms in total. The molecule has 1 amide bonds. The van der Waals surface area contributed by atoms with Crippen molar-refractivity contribution in [2.45, 2.75) is 56.5 Å². The number of nitrogens with one attached hydrogen (secondary N) is 1. The summed E-state index contributed by atoms with van der Waals surface area (Å²) in [5.74, 6) is -0.748. The first-order valence-corrected chi connectivity index (χ1v) is 11.8. The summed E-state index contributed by atoms with van der Waals surface area (Å²) in [6, 6.07) is 10.3. The maximum Gasteiger partial charge on any atom is 0.253 e. The van der Waals surface area contributed by atoms with Crippen LogP contribution >= 0.6 is 0 Å². The van der Waals surface area contributed by atoms with Gasteiger partial charge >= 0.3 is 0 Å². The van der Waals surface area contributed by atoms with E-state index >= 15 is 0 Å². The van der Waals surface area contributed by atoms with Crippen LogP contribution in [0.1, 0.15) is 38.3 Å². The molecule has 9 heteroatoms. The van der Waals surface area contributed by atoms with Gasteiger partial charge in [0, 0.05) is 6.61 Å². The van der Waals surface area contributed by atoms with Gasteiger partial charge in [-0.25, -0.2) is 18.3 Å². The molecular weight excluding hydrogens is 437 g/mol. The van der Waals surface area contributed by atoms with E-state index in [0.717, 1.165) is 5.56 Å². The first kappa shape index (κ1) is 24.2. The minimum absolute atomic E-state index is 0.0338. The standard InChI is InChI=1S/C23H28FNO6S/c1-15-5-6-17(24)13-16(15)14-30-18-7-9-19(10-8-18)32(28,29)20-11-12-31-22(2,3)23(20,4)21(26)25-27/h5-10,13,20,27H,11-12,14H2,1-4H3,(H,25,26). The lowest BCUT2D eigenvalue weighted by Crippen LogP contribution is -2.64. The van der Waals surface area contributed by atoms with Crippen LogP contribution < -0.4 is 10.2 Å². The first-order chi connectivity index (χ1) is 14.9. The van der Waals surface area contributed by atoms with Gasteiger partial charge in [0.15, 0.2) is 9.84 Å². The number of hydrogen-bond donors (Lipinski definition) is 2. The molecular formula is C23H28FNO6S. The molecule has 174 valence electrons. The molecule has 0 saturated carbocycles. The molecule has 2 aromatic rings. The number of sulfone groups is 1. The van der Waals surface area contributed by atoms with Crippen molar-refractivity contribution >= 4 is 15.7 Å². The summed E-state index contributed by atoms with van der Waals surface area (Å²) in [6.45, 7) is 6.91. The number of rotatable bonds is 6. The summed E-state index contributed by atoms with van der Waals surface area (Å²) in [4.78, 5) is 12.6. The second kappa shape index (κ2) is 8.80. The van der Waals surface area contributed by atoms with E-state index in [-0.39, 0.29) is 30.3 Å². The Morgan fingerprint density at radius 1 is 1.22 bits per heavy atom. The third kappa shape index (κ3) is 4.24. The van der Waals surface area contributed by atoms with E-state index in [4.69, 9.17) is 9.47 Å². The zero-order valence-corrected chi connectivity index (χ0v) is 19.3. The molecule has 1 aliphatic rings. The van der Waals surface area contributed by atoms with Crippen LogP contribution in [0.3, 0.4) is 0 Å². The molecule has 2 aromatic carbocycles. The van der Waals surface area contributed by atoms with E-state index < -0.39 is 32.0 Å². The molecule has 2 unspecified atom stereocenters. The van der Waals surface area contributed by atoms with E-state index in [0.29, 0.717) is 11.3 Å². The highest BCUT2D eigenvalue weighted by Crippen LogP contribution is 2.47. The Morgan fingerprint density at radius 2 is 1.88 bits per heavy atom. The molecule has 0 aliphatic carbocycles. The number of aryl methyl sites for hydroxylation is 1. The van der Waals surface area contributed by atoms with Crippen LogP contribution in [0.5, 0.6) is 5.75 Å². The SMILES string of the molecule is Cc1ccc(F)cc1COc1ccc(S(=O)(=O)C2CCOC(C)(C)C2(C)C(=O)NO)cc1. The Bertz CT molecular complexity index is 1100. The van der Waals surface area contributed by atoms with Crippen molar-refractivity contribution in [1.29, 1.82) is 0 Å². The van der Waals surface area contributed by atoms with Crippen molar-refractivity contribution in [2.24, 2.45) is 5.41 Å². The Labute approximate surface area is 187 Å². The topological polar surface area (TPSA) is 102 Å². The van der Waals surface area contributed by atoms with Crippen LogP contribution in [-0.4, -0.2) is 37.0 Å². The number of hydrogen-bond acceptors (Lipinski definition) is 6. The van der Waals surface area contributed by atoms with Crippen LogP contribution in [0.4, 0.5) is 4.39 Å². The highest BCUT2D eigenvalue weighted by atomic mass is 32.2. The number of carbonyl (C=O) groups is 1. The van der Waals surface area contributed by atoms with Gasteiger partial charge in [-0.2, -0.15) is 0 Å². The molecule has 1 aliphatic heterocycles. The molecule has 2 atom stereocenters. The highest BCUT2D eigenvalue weighted by molar-refractivity contribution is 7.92. The van der Waals surface area contributed by atoms with Crippen LogP contribution in [0.25, 0.3) is 0 Å². The largest absolute Gasteiger partial charge is 0.489 e. The number of carbonyl (C=O) groups excluding carboxylic acids is 1. The summed E-state index contributed by atoms with van der Waals surface area (Å²) < 4.78 is 51.8. The van der Waals surface area contributed by atoms with Crippen LogP contribution in [0, 0.1) is 18.2 Å². The van der Waals surface area contributed by atoms with Gasteiger partial charge in [0.1, 0.15) is 18.2 Å². The van der Waals surface area contributed by atoms with E-state index in [9.17, 15) is 22.8 Å². The third-order valence-electron chi connectivity index (χ3n) is 6.54. The minimum atomic E-state index is -3.95. The molecule has 1 saturated heterocycles. The molecule has 0 radical (unpaired) electrons. The van der Waals surface area contributed by atoms with E-state index in [1.165, 1.54) is 43.3 Å². The Kier molecular flexibility index (Phi) is 6.65. The van der Waals surface area contributed by atoms with Gasteiger partial charge in [-0.05, 0) is 81.6 Å². The second-order valence-electron chi connectivity index (χ2n) is 8.66. The van der Waals surface area contributed by atoms with Crippen molar-refractivity contribution in [3.63, 3.8) is 0 Å². The van der Waals surface area contributed by atoms with Crippen LogP contribution in [0.2, 0.25) is 0 Å². The number of benzene rings is 2. The molecule has 0 bridgehead atoms. The van der Waals surface area contributed by atoms with E-state index in [1.807, 2.05) is 6.92 Å². The average molecular weight is 466 g/mol. The molecule has 3 rings (SSSR count). The molecule has 2 N–H and O–H groups in total. The molecule has 1 fully saturated rings. The Balaban J connectivity index is 1.85. The summed E-state index contributed by atoms with van der Waals surface area (Å²) in [7, 11) is -3.95. The van der Waals surface area contributed by atoms with Gasteiger partial charge in [0.05, 0.1) is 21.2 Å². The Morgan fingerprint density at radius 3 is 2.50 bits per heavy atom. The summed E-state index contributed by atoms with van der Waals surface area (Å²) in [5.41, 5.74) is 0.531. The molecule has 1 heterocycles. The monoisotopic (exact) mass is 465 g/mol. The molecule has 32 heavy (non-hydrogen) atoms. The highest BCUT2D eigenvalue weighted by Gasteiger charge is 2.60. The lowest BCUT2D eigenvalue weighted by atomic mass is 9.69. The number of ether oxygens (including phenoxy) is 2. The molecule has 0 spiro atoms.